The van der Waals surface area contributed by atoms with Gasteiger partial charge in [-0.25, -0.2) is 0 Å². The minimum Gasteiger partial charge on any atom is -0.495 e. The first-order valence-corrected chi connectivity index (χ1v) is 12.7. The number of para-hydroxylation sites is 1. The summed E-state index contributed by atoms with van der Waals surface area (Å²) in [5.74, 6) is -0.995. The molecule has 9 heteroatoms. The maximum Gasteiger partial charge on any atom is 0.303 e. The maximum atomic E-state index is 13.1. The summed E-state index contributed by atoms with van der Waals surface area (Å²) in [4.78, 5) is 38.7. The maximum absolute atomic E-state index is 13.1. The van der Waals surface area contributed by atoms with Crippen LogP contribution < -0.4 is 20.3 Å². The lowest BCUT2D eigenvalue weighted by Gasteiger charge is -2.21. The van der Waals surface area contributed by atoms with Crippen LogP contribution in [0.1, 0.15) is 41.6 Å². The minimum atomic E-state index is -0.887. The molecular formula is C30H33N3O6. The number of carbonyl (C=O) groups excluding carboxylic acids is 2. The van der Waals surface area contributed by atoms with Crippen LogP contribution in [0.3, 0.4) is 0 Å². The van der Waals surface area contributed by atoms with Gasteiger partial charge in [0.2, 0.25) is 11.8 Å². The molecule has 2 atom stereocenters. The van der Waals surface area contributed by atoms with Crippen molar-refractivity contribution < 1.29 is 29.0 Å². The van der Waals surface area contributed by atoms with Gasteiger partial charge in [-0.3, -0.25) is 14.4 Å². The van der Waals surface area contributed by atoms with Gasteiger partial charge in [-0.05, 0) is 53.4 Å². The van der Waals surface area contributed by atoms with E-state index in [2.05, 4.69) is 10.6 Å². The topological polar surface area (TPSA) is 117 Å². The first-order valence-electron chi connectivity index (χ1n) is 12.7. The van der Waals surface area contributed by atoms with Gasteiger partial charge in [0.15, 0.2) is 0 Å². The van der Waals surface area contributed by atoms with Gasteiger partial charge < -0.3 is 30.1 Å². The van der Waals surface area contributed by atoms with E-state index >= 15 is 0 Å². The normalized spacial score (nSPS) is 14.6. The summed E-state index contributed by atoms with van der Waals surface area (Å²) in [6, 6.07) is 20.4. The van der Waals surface area contributed by atoms with Gasteiger partial charge in [-0.15, -0.1) is 0 Å². The van der Waals surface area contributed by atoms with E-state index in [1.54, 1.807) is 30.1 Å². The SMILES string of the molecule is COc1cc(CC(=O)N(C)c2cccc(C(CCC(=O)O)OC)c2)ccc1NC(=O)C1CNc2ccccc21. The van der Waals surface area contributed by atoms with Crippen molar-refractivity contribution in [3.63, 3.8) is 0 Å². The van der Waals surface area contributed by atoms with E-state index in [1.807, 2.05) is 48.5 Å². The molecule has 3 aromatic carbocycles. The second-order valence-electron chi connectivity index (χ2n) is 9.43. The van der Waals surface area contributed by atoms with Gasteiger partial charge in [0.1, 0.15) is 5.75 Å². The molecule has 0 spiro atoms. The predicted molar refractivity (Wildman–Crippen MR) is 149 cm³/mol. The third kappa shape index (κ3) is 6.56. The van der Waals surface area contributed by atoms with Gasteiger partial charge in [-0.2, -0.15) is 0 Å². The van der Waals surface area contributed by atoms with E-state index in [9.17, 15) is 14.4 Å². The fourth-order valence-electron chi connectivity index (χ4n) is 4.73. The zero-order valence-corrected chi connectivity index (χ0v) is 22.3. The van der Waals surface area contributed by atoms with Crippen LogP contribution in [0.5, 0.6) is 5.75 Å². The number of fused-ring (bicyclic) bond motifs is 1. The van der Waals surface area contributed by atoms with Gasteiger partial charge in [0, 0.05) is 38.5 Å². The molecule has 4 rings (SSSR count). The lowest BCUT2D eigenvalue weighted by atomic mass is 10.0. The third-order valence-corrected chi connectivity index (χ3v) is 6.94. The highest BCUT2D eigenvalue weighted by Crippen LogP contribution is 2.34. The number of hydrogen-bond donors (Lipinski definition) is 3. The molecule has 3 N–H and O–H groups in total. The number of carboxylic acid groups (broad SMARTS) is 1. The summed E-state index contributed by atoms with van der Waals surface area (Å²) in [6.07, 6.45) is 0.0582. The number of nitrogens with one attached hydrogen (secondary N) is 2. The molecular weight excluding hydrogens is 498 g/mol. The van der Waals surface area contributed by atoms with Crippen LogP contribution in [0, 0.1) is 0 Å². The molecule has 0 aliphatic carbocycles. The van der Waals surface area contributed by atoms with Crippen molar-refractivity contribution in [3.8, 4) is 5.75 Å². The number of aliphatic carboxylic acids is 1. The standard InChI is InChI=1S/C30H33N3O6/c1-33(21-8-6-7-20(17-21)26(38-2)13-14-29(35)36)28(34)16-19-11-12-25(27(15-19)39-3)32-30(37)23-18-31-24-10-5-4-9-22(23)24/h4-12,15,17,23,26,31H,13-14,16,18H2,1-3H3,(H,32,37)(H,35,36). The predicted octanol–water partition coefficient (Wildman–Crippen LogP) is 4.60. The summed E-state index contributed by atoms with van der Waals surface area (Å²) in [5.41, 5.74) is 4.68. The second kappa shape index (κ2) is 12.4. The van der Waals surface area contributed by atoms with E-state index in [4.69, 9.17) is 14.6 Å². The quantitative estimate of drug-likeness (QED) is 0.331. The zero-order chi connectivity index (χ0) is 27.9. The lowest BCUT2D eigenvalue weighted by molar-refractivity contribution is -0.137. The van der Waals surface area contributed by atoms with Crippen LogP contribution in [0.15, 0.2) is 66.7 Å². The van der Waals surface area contributed by atoms with Crippen LogP contribution >= 0.6 is 0 Å². The van der Waals surface area contributed by atoms with Crippen molar-refractivity contribution in [1.29, 1.82) is 0 Å². The number of nitrogens with zero attached hydrogens (tertiary/aromatic N) is 1. The highest BCUT2D eigenvalue weighted by molar-refractivity contribution is 5.99. The van der Waals surface area contributed by atoms with E-state index < -0.39 is 5.97 Å². The second-order valence-corrected chi connectivity index (χ2v) is 9.43. The number of likely N-dealkylation sites (N-methyl/N-ethyl adjacent to an activating group) is 1. The zero-order valence-electron chi connectivity index (χ0n) is 22.3. The monoisotopic (exact) mass is 531 g/mol. The Morgan fingerprint density at radius 1 is 1.08 bits per heavy atom. The first kappa shape index (κ1) is 27.7. The molecule has 1 aliphatic rings. The largest absolute Gasteiger partial charge is 0.495 e. The molecule has 1 aliphatic heterocycles. The molecule has 0 bridgehead atoms. The number of benzene rings is 3. The fraction of sp³-hybridized carbons (Fsp3) is 0.300. The Labute approximate surface area is 227 Å². The number of hydrogen-bond acceptors (Lipinski definition) is 6. The summed E-state index contributed by atoms with van der Waals surface area (Å²) in [6.45, 7) is 0.526. The fourth-order valence-corrected chi connectivity index (χ4v) is 4.73. The van der Waals surface area contributed by atoms with Crippen LogP contribution in [0.25, 0.3) is 0 Å². The van der Waals surface area contributed by atoms with Crippen LogP contribution in [0.2, 0.25) is 0 Å². The van der Waals surface area contributed by atoms with E-state index in [0.29, 0.717) is 30.1 Å². The number of methoxy groups -OCH3 is 2. The van der Waals surface area contributed by atoms with E-state index in [1.165, 1.54) is 14.2 Å². The van der Waals surface area contributed by atoms with Crippen LogP contribution in [0.4, 0.5) is 17.1 Å². The summed E-state index contributed by atoms with van der Waals surface area (Å²) in [5, 5.41) is 15.2. The molecule has 1 heterocycles. The Bertz CT molecular complexity index is 1360. The van der Waals surface area contributed by atoms with Crippen LogP contribution in [-0.2, 0) is 25.5 Å². The molecule has 0 aromatic heterocycles. The molecule has 9 nitrogen and oxygen atoms in total. The highest BCUT2D eigenvalue weighted by Gasteiger charge is 2.28. The molecule has 2 amide bonds. The van der Waals surface area contributed by atoms with Crippen molar-refractivity contribution in [1.82, 2.24) is 0 Å². The Balaban J connectivity index is 1.43. The van der Waals surface area contributed by atoms with Crippen molar-refractivity contribution >= 4 is 34.8 Å². The number of anilines is 3. The molecule has 0 saturated carbocycles. The Morgan fingerprint density at radius 2 is 1.87 bits per heavy atom. The molecule has 0 saturated heterocycles. The van der Waals surface area contributed by atoms with Crippen LogP contribution in [-0.4, -0.2) is 50.7 Å². The molecule has 0 fully saturated rings. The van der Waals surface area contributed by atoms with E-state index in [-0.39, 0.29) is 36.7 Å². The molecule has 204 valence electrons. The number of amides is 2. The summed E-state index contributed by atoms with van der Waals surface area (Å²) >= 11 is 0. The summed E-state index contributed by atoms with van der Waals surface area (Å²) in [7, 11) is 4.76. The van der Waals surface area contributed by atoms with Crippen molar-refractivity contribution in [2.45, 2.75) is 31.3 Å². The van der Waals surface area contributed by atoms with Gasteiger partial charge in [0.25, 0.3) is 0 Å². The summed E-state index contributed by atoms with van der Waals surface area (Å²) < 4.78 is 11.0. The average molecular weight is 532 g/mol. The Hall–Kier alpha value is -4.37. The Kier molecular flexibility index (Phi) is 8.83. The average Bonchev–Trinajstić information content (AvgIpc) is 3.38. The van der Waals surface area contributed by atoms with Crippen molar-refractivity contribution in [2.75, 3.05) is 43.3 Å². The molecule has 3 aromatic rings. The number of ether oxygens (including phenoxy) is 2. The first-order chi connectivity index (χ1) is 18.8. The number of carbonyl (C=O) groups is 3. The van der Waals surface area contributed by atoms with Gasteiger partial charge >= 0.3 is 5.97 Å². The Morgan fingerprint density at radius 3 is 2.62 bits per heavy atom. The highest BCUT2D eigenvalue weighted by atomic mass is 16.5. The minimum absolute atomic E-state index is 0.0133. The third-order valence-electron chi connectivity index (χ3n) is 6.94. The van der Waals surface area contributed by atoms with Crippen molar-refractivity contribution in [2.24, 2.45) is 0 Å². The molecule has 2 unspecified atom stereocenters. The molecule has 39 heavy (non-hydrogen) atoms. The van der Waals surface area contributed by atoms with Crippen molar-refractivity contribution in [3.05, 3.63) is 83.4 Å². The number of rotatable bonds is 11. The van der Waals surface area contributed by atoms with Gasteiger partial charge in [0.05, 0.1) is 31.2 Å². The smallest absolute Gasteiger partial charge is 0.303 e. The molecule has 0 radical (unpaired) electrons. The van der Waals surface area contributed by atoms with E-state index in [0.717, 1.165) is 22.4 Å². The number of carboxylic acids is 1. The van der Waals surface area contributed by atoms with Gasteiger partial charge in [-0.1, -0.05) is 36.4 Å². The lowest BCUT2D eigenvalue weighted by Crippen LogP contribution is -2.28.